The third-order valence-corrected chi connectivity index (χ3v) is 6.13. The van der Waals surface area contributed by atoms with E-state index in [1.54, 1.807) is 0 Å². The summed E-state index contributed by atoms with van der Waals surface area (Å²) in [6.07, 6.45) is 4.71. The fraction of sp³-hybridized carbons (Fsp3) is 0.391. The maximum absolute atomic E-state index is 13.2. The lowest BCUT2D eigenvalue weighted by atomic mass is 9.85. The van der Waals surface area contributed by atoms with Gasteiger partial charge in [-0.05, 0) is 43.0 Å². The molecule has 0 N–H and O–H groups in total. The molecule has 0 radical (unpaired) electrons. The van der Waals surface area contributed by atoms with E-state index in [4.69, 9.17) is 0 Å². The van der Waals surface area contributed by atoms with Crippen LogP contribution in [-0.4, -0.2) is 28.5 Å². The van der Waals surface area contributed by atoms with Crippen molar-refractivity contribution >= 4 is 27.7 Å². The SMILES string of the molecule is C[C@@H]1CCCC[C@H]1N(C)C(=O)Cn1c2ccccc2c(=O)c2ccccc21. The van der Waals surface area contributed by atoms with Gasteiger partial charge in [-0.2, -0.15) is 0 Å². The summed E-state index contributed by atoms with van der Waals surface area (Å²) in [5, 5.41) is 1.33. The lowest BCUT2D eigenvalue weighted by Crippen LogP contribution is -2.44. The van der Waals surface area contributed by atoms with Gasteiger partial charge in [0.1, 0.15) is 6.54 Å². The monoisotopic (exact) mass is 362 g/mol. The van der Waals surface area contributed by atoms with Gasteiger partial charge in [0.25, 0.3) is 0 Å². The van der Waals surface area contributed by atoms with E-state index in [0.717, 1.165) is 17.5 Å². The Kier molecular flexibility index (Phi) is 4.73. The summed E-state index contributed by atoms with van der Waals surface area (Å²) in [7, 11) is 1.93. The van der Waals surface area contributed by atoms with Gasteiger partial charge in [0, 0.05) is 23.9 Å². The van der Waals surface area contributed by atoms with Gasteiger partial charge >= 0.3 is 0 Å². The minimum atomic E-state index is 0.0270. The molecule has 4 heteroatoms. The Hall–Kier alpha value is -2.62. The molecule has 140 valence electrons. The Balaban J connectivity index is 1.77. The molecule has 0 saturated heterocycles. The first-order chi connectivity index (χ1) is 13.1. The molecular formula is C23H26N2O2. The first kappa shape index (κ1) is 17.8. The average molecular weight is 362 g/mol. The largest absolute Gasteiger partial charge is 0.341 e. The first-order valence-corrected chi connectivity index (χ1v) is 9.84. The molecule has 0 bridgehead atoms. The van der Waals surface area contributed by atoms with Crippen LogP contribution in [0.25, 0.3) is 21.8 Å². The molecule has 4 nitrogen and oxygen atoms in total. The van der Waals surface area contributed by atoms with Crippen LogP contribution in [0.2, 0.25) is 0 Å². The predicted molar refractivity (Wildman–Crippen MR) is 110 cm³/mol. The van der Waals surface area contributed by atoms with E-state index in [0.29, 0.717) is 22.7 Å². The number of rotatable bonds is 3. The van der Waals surface area contributed by atoms with Gasteiger partial charge in [0.15, 0.2) is 5.43 Å². The van der Waals surface area contributed by atoms with Crippen molar-refractivity contribution in [1.29, 1.82) is 0 Å². The fourth-order valence-electron chi connectivity index (χ4n) is 4.55. The topological polar surface area (TPSA) is 42.3 Å². The number of hydrogen-bond acceptors (Lipinski definition) is 2. The van der Waals surface area contributed by atoms with Crippen LogP contribution in [0.3, 0.4) is 0 Å². The zero-order valence-electron chi connectivity index (χ0n) is 16.0. The molecular weight excluding hydrogens is 336 g/mol. The van der Waals surface area contributed by atoms with Gasteiger partial charge in [-0.3, -0.25) is 9.59 Å². The van der Waals surface area contributed by atoms with E-state index in [1.807, 2.05) is 65.0 Å². The smallest absolute Gasteiger partial charge is 0.242 e. The number of hydrogen-bond donors (Lipinski definition) is 0. The number of carbonyl (C=O) groups is 1. The fourth-order valence-corrected chi connectivity index (χ4v) is 4.55. The zero-order chi connectivity index (χ0) is 19.0. The number of benzene rings is 2. The summed E-state index contributed by atoms with van der Waals surface area (Å²) in [4.78, 5) is 27.9. The van der Waals surface area contributed by atoms with Gasteiger partial charge in [-0.25, -0.2) is 0 Å². The number of pyridine rings is 1. The van der Waals surface area contributed by atoms with Crippen molar-refractivity contribution in [2.45, 2.75) is 45.2 Å². The quantitative estimate of drug-likeness (QED) is 0.656. The second-order valence-electron chi connectivity index (χ2n) is 7.78. The molecule has 1 saturated carbocycles. The number of likely N-dealkylation sites (N-methyl/N-ethyl adjacent to an activating group) is 1. The third-order valence-electron chi connectivity index (χ3n) is 6.13. The summed E-state index contributed by atoms with van der Waals surface area (Å²) in [6.45, 7) is 2.50. The van der Waals surface area contributed by atoms with Crippen LogP contribution in [0.1, 0.15) is 32.6 Å². The summed E-state index contributed by atoms with van der Waals surface area (Å²) >= 11 is 0. The van der Waals surface area contributed by atoms with Crippen LogP contribution in [0.15, 0.2) is 53.3 Å². The van der Waals surface area contributed by atoms with E-state index in [2.05, 4.69) is 6.92 Å². The van der Waals surface area contributed by atoms with E-state index >= 15 is 0 Å². The molecule has 2 aromatic carbocycles. The van der Waals surface area contributed by atoms with Crippen molar-refractivity contribution in [2.24, 2.45) is 5.92 Å². The second kappa shape index (κ2) is 7.18. The van der Waals surface area contributed by atoms with Crippen molar-refractivity contribution in [2.75, 3.05) is 7.05 Å². The Morgan fingerprint density at radius 1 is 1.00 bits per heavy atom. The number of fused-ring (bicyclic) bond motifs is 2. The van der Waals surface area contributed by atoms with Gasteiger partial charge in [0.2, 0.25) is 5.91 Å². The summed E-state index contributed by atoms with van der Waals surface area (Å²) in [6, 6.07) is 15.5. The van der Waals surface area contributed by atoms with Gasteiger partial charge in [-0.1, -0.05) is 44.0 Å². The van der Waals surface area contributed by atoms with Crippen LogP contribution in [-0.2, 0) is 11.3 Å². The highest BCUT2D eigenvalue weighted by Crippen LogP contribution is 2.28. The van der Waals surface area contributed by atoms with Gasteiger partial charge in [0.05, 0.1) is 11.0 Å². The van der Waals surface area contributed by atoms with Crippen molar-refractivity contribution in [3.63, 3.8) is 0 Å². The molecule has 3 aromatic rings. The zero-order valence-corrected chi connectivity index (χ0v) is 16.0. The summed E-state index contributed by atoms with van der Waals surface area (Å²) in [5.41, 5.74) is 1.67. The molecule has 1 aliphatic rings. The predicted octanol–water partition coefficient (Wildman–Crippen LogP) is 4.19. The van der Waals surface area contributed by atoms with Crippen molar-refractivity contribution in [3.8, 4) is 0 Å². The molecule has 0 unspecified atom stereocenters. The highest BCUT2D eigenvalue weighted by atomic mass is 16.2. The van der Waals surface area contributed by atoms with Gasteiger partial charge < -0.3 is 9.47 Å². The van der Waals surface area contributed by atoms with Crippen molar-refractivity contribution in [3.05, 3.63) is 58.8 Å². The van der Waals surface area contributed by atoms with Crippen LogP contribution >= 0.6 is 0 Å². The van der Waals surface area contributed by atoms with Crippen LogP contribution in [0.4, 0.5) is 0 Å². The highest BCUT2D eigenvalue weighted by molar-refractivity contribution is 5.94. The van der Waals surface area contributed by atoms with Crippen molar-refractivity contribution in [1.82, 2.24) is 9.47 Å². The third kappa shape index (κ3) is 3.14. The maximum atomic E-state index is 13.2. The number of aromatic nitrogens is 1. The van der Waals surface area contributed by atoms with Crippen LogP contribution in [0.5, 0.6) is 0 Å². The average Bonchev–Trinajstić information content (AvgIpc) is 2.71. The number of para-hydroxylation sites is 2. The van der Waals surface area contributed by atoms with E-state index in [9.17, 15) is 9.59 Å². The summed E-state index contributed by atoms with van der Waals surface area (Å²) in [5.74, 6) is 0.642. The molecule has 1 heterocycles. The minimum Gasteiger partial charge on any atom is -0.341 e. The molecule has 1 amide bonds. The number of nitrogens with zero attached hydrogens (tertiary/aromatic N) is 2. The van der Waals surface area contributed by atoms with E-state index < -0.39 is 0 Å². The Labute approximate surface area is 159 Å². The standard InChI is InChI=1S/C23H26N2O2/c1-16-9-3-6-12-19(16)24(2)22(26)15-25-20-13-7-4-10-17(20)23(27)18-11-5-8-14-21(18)25/h4-5,7-8,10-11,13-14,16,19H,3,6,9,12,15H2,1-2H3/t16-,19-/m1/s1. The van der Waals surface area contributed by atoms with Crippen LogP contribution < -0.4 is 5.43 Å². The van der Waals surface area contributed by atoms with Gasteiger partial charge in [-0.15, -0.1) is 0 Å². The second-order valence-corrected chi connectivity index (χ2v) is 7.78. The molecule has 1 aromatic heterocycles. The molecule has 27 heavy (non-hydrogen) atoms. The molecule has 1 fully saturated rings. The lowest BCUT2D eigenvalue weighted by Gasteiger charge is -2.36. The van der Waals surface area contributed by atoms with Crippen LogP contribution in [0, 0.1) is 5.92 Å². The molecule has 2 atom stereocenters. The molecule has 0 aliphatic heterocycles. The van der Waals surface area contributed by atoms with E-state index in [-0.39, 0.29) is 17.9 Å². The number of amides is 1. The maximum Gasteiger partial charge on any atom is 0.242 e. The lowest BCUT2D eigenvalue weighted by molar-refractivity contribution is -0.134. The minimum absolute atomic E-state index is 0.0270. The Morgan fingerprint density at radius 3 is 2.15 bits per heavy atom. The number of carbonyl (C=O) groups excluding carboxylic acids is 1. The molecule has 4 rings (SSSR count). The Bertz CT molecular complexity index is 993. The molecule has 1 aliphatic carbocycles. The van der Waals surface area contributed by atoms with Crippen molar-refractivity contribution < 1.29 is 4.79 Å². The molecule has 0 spiro atoms. The highest BCUT2D eigenvalue weighted by Gasteiger charge is 2.28. The first-order valence-electron chi connectivity index (χ1n) is 9.84. The van der Waals surface area contributed by atoms with E-state index in [1.165, 1.54) is 19.3 Å². The normalized spacial score (nSPS) is 20.1. The summed E-state index contributed by atoms with van der Waals surface area (Å²) < 4.78 is 2.00. The Morgan fingerprint density at radius 2 is 1.56 bits per heavy atom.